The minimum Gasteiger partial charge on any atom is -0.508 e. The fourth-order valence-electron chi connectivity index (χ4n) is 7.80. The molecule has 66 heavy (non-hydrogen) atoms. The summed E-state index contributed by atoms with van der Waals surface area (Å²) in [5.41, 5.74) is 11.5. The molecule has 0 bridgehead atoms. The van der Waals surface area contributed by atoms with Crippen LogP contribution in [0.4, 0.5) is 4.39 Å². The fraction of sp³-hybridized carbons (Fsp3) is 0.0182. The highest BCUT2D eigenvalue weighted by Gasteiger charge is 2.26. The van der Waals surface area contributed by atoms with E-state index < -0.39 is 5.82 Å². The summed E-state index contributed by atoms with van der Waals surface area (Å²) in [6, 6.07) is 55.4. The normalized spacial score (nSPS) is 10.9. The highest BCUT2D eigenvalue weighted by molar-refractivity contribution is 5.94. The molecule has 10 nitrogen and oxygen atoms in total. The second kappa shape index (κ2) is 17.9. The highest BCUT2D eigenvalue weighted by atomic mass is 19.1. The van der Waals surface area contributed by atoms with Gasteiger partial charge in [-0.3, -0.25) is 0 Å². The number of hydrogen-bond acceptors (Lipinski definition) is 8. The third-order valence-corrected chi connectivity index (χ3v) is 11.0. The van der Waals surface area contributed by atoms with Crippen LogP contribution in [0.15, 0.2) is 194 Å². The van der Waals surface area contributed by atoms with Crippen LogP contribution in [-0.2, 0) is 0 Å². The van der Waals surface area contributed by atoms with Crippen molar-refractivity contribution >= 4 is 0 Å². The first-order valence-corrected chi connectivity index (χ1v) is 20.8. The van der Waals surface area contributed by atoms with Crippen LogP contribution in [0.2, 0.25) is 0 Å². The second-order valence-electron chi connectivity index (χ2n) is 15.5. The summed E-state index contributed by atoms with van der Waals surface area (Å²) in [6.45, 7) is 2.04. The van der Waals surface area contributed by atoms with E-state index in [0.717, 1.165) is 67.1 Å². The van der Waals surface area contributed by atoms with E-state index in [1.807, 2.05) is 66.2 Å². The van der Waals surface area contributed by atoms with Crippen LogP contribution >= 0.6 is 0 Å². The molecule has 10 aromatic rings. The van der Waals surface area contributed by atoms with Gasteiger partial charge in [0.15, 0.2) is 0 Å². The van der Waals surface area contributed by atoms with E-state index in [1.165, 1.54) is 6.07 Å². The Hall–Kier alpha value is -9.09. The molecule has 2 heterocycles. The van der Waals surface area contributed by atoms with Gasteiger partial charge in [-0.05, 0) is 169 Å². The molecule has 11 heteroatoms. The van der Waals surface area contributed by atoms with E-state index >= 15 is 0 Å². The van der Waals surface area contributed by atoms with Gasteiger partial charge in [-0.25, -0.2) is 13.8 Å². The minimum atomic E-state index is -0.436. The van der Waals surface area contributed by atoms with Gasteiger partial charge in [-0.1, -0.05) is 48.5 Å². The average molecular weight is 873 g/mol. The molecule has 2 aromatic heterocycles. The number of aromatic hydroxyl groups is 6. The Morgan fingerprint density at radius 1 is 0.364 bits per heavy atom. The summed E-state index contributed by atoms with van der Waals surface area (Å²) >= 11 is 0. The molecule has 0 unspecified atom stereocenters. The van der Waals surface area contributed by atoms with E-state index in [-0.39, 0.29) is 40.2 Å². The minimum absolute atomic E-state index is 0.112. The first-order chi connectivity index (χ1) is 32.0. The summed E-state index contributed by atoms with van der Waals surface area (Å²) in [6.07, 6.45) is 0. The number of halogens is 1. The lowest BCUT2D eigenvalue weighted by molar-refractivity contribution is 0.475. The smallest absolute Gasteiger partial charge is 0.148 e. The number of hydrogen-bond donors (Lipinski definition) is 6. The van der Waals surface area contributed by atoms with Crippen LogP contribution in [0.25, 0.3) is 78.7 Å². The van der Waals surface area contributed by atoms with E-state index in [9.17, 15) is 35.0 Å². The Bertz CT molecular complexity index is 3290. The number of para-hydroxylation sites is 1. The zero-order valence-electron chi connectivity index (χ0n) is 35.3. The van der Waals surface area contributed by atoms with Gasteiger partial charge >= 0.3 is 0 Å². The van der Waals surface area contributed by atoms with Gasteiger partial charge in [0.05, 0.1) is 17.1 Å². The largest absolute Gasteiger partial charge is 0.508 e. The predicted octanol–water partition coefficient (Wildman–Crippen LogP) is 12.4. The topological polar surface area (TPSA) is 157 Å². The second-order valence-corrected chi connectivity index (χ2v) is 15.5. The van der Waals surface area contributed by atoms with Gasteiger partial charge in [0.2, 0.25) is 0 Å². The maximum atomic E-state index is 14.9. The van der Waals surface area contributed by atoms with Crippen LogP contribution < -0.4 is 0 Å². The van der Waals surface area contributed by atoms with Crippen molar-refractivity contribution in [3.63, 3.8) is 0 Å². The van der Waals surface area contributed by atoms with Crippen LogP contribution in [0, 0.1) is 12.7 Å². The molecule has 0 saturated carbocycles. The Morgan fingerprint density at radius 3 is 1.11 bits per heavy atom. The molecule has 0 aliphatic carbocycles. The zero-order valence-corrected chi connectivity index (χ0v) is 35.3. The number of phenols is 6. The number of nitrogens with zero attached hydrogens (tertiary/aromatic N) is 4. The summed E-state index contributed by atoms with van der Waals surface area (Å²) in [5.74, 6) is 0.472. The van der Waals surface area contributed by atoms with Crippen LogP contribution in [0.1, 0.15) is 5.56 Å². The predicted molar refractivity (Wildman–Crippen MR) is 254 cm³/mol. The lowest BCUT2D eigenvalue weighted by Crippen LogP contribution is -2.02. The zero-order chi connectivity index (χ0) is 45.9. The quantitative estimate of drug-likeness (QED) is 0.0881. The number of aryl methyl sites for hydroxylation is 1. The summed E-state index contributed by atoms with van der Waals surface area (Å²) in [7, 11) is 0. The summed E-state index contributed by atoms with van der Waals surface area (Å²) in [4.78, 5) is 0. The molecule has 0 fully saturated rings. The number of rotatable bonds is 8. The van der Waals surface area contributed by atoms with Crippen molar-refractivity contribution in [2.75, 3.05) is 0 Å². The SMILES string of the molecule is Cc1cccc(-n2nc(-c3ccc(O)cc3)c(-c3ccc(O)cc3)c2-c2ccc(O)cc2)c1.Oc1ccc(-c2nn(-c3ccccc3F)c(-c3ccc(O)cc3)c2-c2ccc(O)cc2)cc1. The molecular formula is C55H41FN4O6. The molecule has 0 amide bonds. The van der Waals surface area contributed by atoms with E-state index in [1.54, 1.807) is 132 Å². The molecule has 0 saturated heterocycles. The van der Waals surface area contributed by atoms with E-state index in [0.29, 0.717) is 11.4 Å². The lowest BCUT2D eigenvalue weighted by Gasteiger charge is -2.12. The average Bonchev–Trinajstić information content (AvgIpc) is 3.92. The standard InChI is InChI=1S/C28H22N2O3.C27H19FN2O3/c1-18-3-2-4-22(17-18)30-28(21-9-15-25(33)16-10-21)26(19-5-11-23(31)12-6-19)27(29-30)20-7-13-24(32)14-8-20;28-23-3-1-2-4-24(23)30-27(19-9-15-22(33)16-10-19)25(17-5-11-20(31)12-6-17)26(29-30)18-7-13-21(32)14-8-18/h2-17,31-33H,1H3;1-16,31-33H. The van der Waals surface area contributed by atoms with E-state index in [2.05, 4.69) is 6.07 Å². The molecule has 0 aliphatic rings. The van der Waals surface area contributed by atoms with Crippen molar-refractivity contribution in [1.82, 2.24) is 19.6 Å². The molecule has 0 radical (unpaired) electrons. The molecule has 10 rings (SSSR count). The Kier molecular flexibility index (Phi) is 11.5. The van der Waals surface area contributed by atoms with E-state index in [4.69, 9.17) is 10.2 Å². The van der Waals surface area contributed by atoms with Gasteiger partial charge in [0.25, 0.3) is 0 Å². The Morgan fingerprint density at radius 2 is 0.712 bits per heavy atom. The van der Waals surface area contributed by atoms with Gasteiger partial charge in [0, 0.05) is 33.4 Å². The molecule has 0 aliphatic heterocycles. The molecule has 324 valence electrons. The fourth-order valence-corrected chi connectivity index (χ4v) is 7.80. The Labute approximate surface area is 378 Å². The van der Waals surface area contributed by atoms with Crippen molar-refractivity contribution in [3.05, 3.63) is 206 Å². The van der Waals surface area contributed by atoms with Crippen molar-refractivity contribution in [2.45, 2.75) is 6.92 Å². The number of aromatic nitrogens is 4. The molecule has 0 spiro atoms. The summed E-state index contributed by atoms with van der Waals surface area (Å²) in [5, 5.41) is 68.8. The van der Waals surface area contributed by atoms with Gasteiger partial charge in [-0.2, -0.15) is 10.2 Å². The van der Waals surface area contributed by atoms with Crippen molar-refractivity contribution in [2.24, 2.45) is 0 Å². The first-order valence-electron chi connectivity index (χ1n) is 20.8. The number of phenolic OH excluding ortho intramolecular Hbond substituents is 6. The maximum Gasteiger partial charge on any atom is 0.148 e. The summed E-state index contributed by atoms with van der Waals surface area (Å²) < 4.78 is 18.4. The molecular weight excluding hydrogens is 832 g/mol. The van der Waals surface area contributed by atoms with Crippen LogP contribution in [0.5, 0.6) is 34.5 Å². The third-order valence-electron chi connectivity index (χ3n) is 11.0. The van der Waals surface area contributed by atoms with Gasteiger partial charge in [-0.15, -0.1) is 0 Å². The van der Waals surface area contributed by atoms with Gasteiger partial charge in [0.1, 0.15) is 57.4 Å². The molecule has 0 atom stereocenters. The monoisotopic (exact) mass is 872 g/mol. The van der Waals surface area contributed by atoms with Crippen molar-refractivity contribution in [1.29, 1.82) is 0 Å². The number of benzene rings is 8. The van der Waals surface area contributed by atoms with Gasteiger partial charge < -0.3 is 30.6 Å². The highest BCUT2D eigenvalue weighted by Crippen LogP contribution is 2.44. The van der Waals surface area contributed by atoms with Crippen molar-refractivity contribution < 1.29 is 35.0 Å². The Balaban J connectivity index is 0.000000166. The molecule has 6 N–H and O–H groups in total. The maximum absolute atomic E-state index is 14.9. The first kappa shape index (κ1) is 42.2. The van der Waals surface area contributed by atoms with Crippen LogP contribution in [-0.4, -0.2) is 50.2 Å². The third kappa shape index (κ3) is 8.64. The lowest BCUT2D eigenvalue weighted by atomic mass is 9.95. The van der Waals surface area contributed by atoms with Crippen LogP contribution in [0.3, 0.4) is 0 Å². The molecule has 8 aromatic carbocycles. The van der Waals surface area contributed by atoms with Crippen molar-refractivity contribution in [3.8, 4) is 113 Å².